The minimum absolute atomic E-state index is 0.122. The molecule has 2 saturated heterocycles. The number of carbonyl (C=O) groups is 4. The molecular formula is C50H60Cl2N4O5. The second-order valence-corrected chi connectivity index (χ2v) is 18.4. The maximum Gasteiger partial charge on any atom is 0.314 e. The van der Waals surface area contributed by atoms with E-state index in [-0.39, 0.29) is 23.1 Å². The molecule has 61 heavy (non-hydrogen) atoms. The Morgan fingerprint density at radius 3 is 1.21 bits per heavy atom. The van der Waals surface area contributed by atoms with Gasteiger partial charge in [0.15, 0.2) is 0 Å². The van der Waals surface area contributed by atoms with Gasteiger partial charge in [-0.2, -0.15) is 0 Å². The molecule has 324 valence electrons. The van der Waals surface area contributed by atoms with Crippen molar-refractivity contribution < 1.29 is 24.3 Å². The summed E-state index contributed by atoms with van der Waals surface area (Å²) >= 11 is 11.8. The Kier molecular flexibility index (Phi) is 14.7. The van der Waals surface area contributed by atoms with E-state index in [2.05, 4.69) is 17.4 Å². The van der Waals surface area contributed by atoms with Gasteiger partial charge < -0.3 is 25.1 Å². The molecule has 2 N–H and O–H groups in total. The molecule has 4 aliphatic rings. The number of likely N-dealkylation sites (tertiary alicyclic amines) is 1. The lowest BCUT2D eigenvalue weighted by Crippen LogP contribution is -2.57. The molecule has 0 atom stereocenters. The summed E-state index contributed by atoms with van der Waals surface area (Å²) in [7, 11) is 7.31. The fourth-order valence-electron chi connectivity index (χ4n) is 9.72. The highest BCUT2D eigenvalue weighted by Crippen LogP contribution is 2.47. The third kappa shape index (κ3) is 9.40. The first-order valence-corrected chi connectivity index (χ1v) is 22.3. The fraction of sp³-hybridized carbons (Fsp3) is 0.440. The number of carboxylic acid groups (broad SMARTS) is 1. The minimum Gasteiger partial charge on any atom is -0.481 e. The zero-order valence-corrected chi connectivity index (χ0v) is 37.5. The van der Waals surface area contributed by atoms with Gasteiger partial charge in [-0.05, 0) is 111 Å². The van der Waals surface area contributed by atoms with Crippen LogP contribution >= 0.6 is 23.2 Å². The second kappa shape index (κ2) is 19.6. The standard InChI is InChI=1S/C25H29ClN2O2.C14H20N2O.C11H11ClO2/c1-27(2)22(29)25(19-7-4-3-5-8-19)15-17-28(18-16-25)23(30)24(13-6-14-24)20-9-11-21(26)12-10-20;1-16(2)13(17)14(8-10-15-11-9-14)12-6-4-3-5-7-12;12-9-4-2-8(3-5-9)11(10(13)14)6-1-7-11/h3-5,7-12H,6,13-18H2,1-2H3;3-7,15H,8-11H2,1-2H3;2-5H,1,6-7H2,(H,13,14). The van der Waals surface area contributed by atoms with Crippen molar-refractivity contribution in [2.45, 2.75) is 85.9 Å². The van der Waals surface area contributed by atoms with Crippen molar-refractivity contribution in [1.82, 2.24) is 20.0 Å². The Bertz CT molecular complexity index is 2100. The molecule has 2 aliphatic heterocycles. The van der Waals surface area contributed by atoms with E-state index >= 15 is 0 Å². The number of carbonyl (C=O) groups excluding carboxylic acids is 3. The minimum atomic E-state index is -0.717. The van der Waals surface area contributed by atoms with Crippen LogP contribution in [0.25, 0.3) is 0 Å². The van der Waals surface area contributed by atoms with E-state index in [1.807, 2.05) is 118 Å². The highest BCUT2D eigenvalue weighted by atomic mass is 35.5. The summed E-state index contributed by atoms with van der Waals surface area (Å²) in [6, 6.07) is 35.1. The highest BCUT2D eigenvalue weighted by Gasteiger charge is 2.51. The second-order valence-electron chi connectivity index (χ2n) is 17.5. The SMILES string of the molecule is CN(C)C(=O)C1(c2ccccc2)CCN(C(=O)C2(c3ccc(Cl)cc3)CCC2)CC1.CN(C)C(=O)C1(c2ccccc2)CCNCC1.O=C(O)C1(c2ccc(Cl)cc2)CCC1. The molecule has 0 spiro atoms. The van der Waals surface area contributed by atoms with Crippen molar-refractivity contribution >= 4 is 46.9 Å². The molecule has 0 radical (unpaired) electrons. The predicted molar refractivity (Wildman–Crippen MR) is 243 cm³/mol. The van der Waals surface area contributed by atoms with E-state index in [4.69, 9.17) is 23.2 Å². The monoisotopic (exact) mass is 866 g/mol. The molecule has 0 unspecified atom stereocenters. The molecule has 3 amide bonds. The summed E-state index contributed by atoms with van der Waals surface area (Å²) in [6.07, 6.45) is 8.36. The first kappa shape index (κ1) is 45.8. The number of rotatable bonds is 8. The van der Waals surface area contributed by atoms with Crippen LogP contribution in [0.4, 0.5) is 0 Å². The first-order chi connectivity index (χ1) is 29.2. The zero-order valence-electron chi connectivity index (χ0n) is 36.0. The molecule has 8 rings (SSSR count). The van der Waals surface area contributed by atoms with Crippen molar-refractivity contribution in [3.8, 4) is 0 Å². The normalized spacial score (nSPS) is 19.1. The number of amides is 3. The number of nitrogens with one attached hydrogen (secondary N) is 1. The molecule has 0 bridgehead atoms. The van der Waals surface area contributed by atoms with Crippen molar-refractivity contribution in [3.05, 3.63) is 141 Å². The van der Waals surface area contributed by atoms with E-state index in [1.165, 1.54) is 0 Å². The Balaban J connectivity index is 0.000000169. The summed E-state index contributed by atoms with van der Waals surface area (Å²) in [5, 5.41) is 13.8. The molecule has 4 fully saturated rings. The summed E-state index contributed by atoms with van der Waals surface area (Å²) < 4.78 is 0. The lowest BCUT2D eigenvalue weighted by atomic mass is 9.63. The van der Waals surface area contributed by atoms with Crippen LogP contribution in [0.3, 0.4) is 0 Å². The predicted octanol–water partition coefficient (Wildman–Crippen LogP) is 8.65. The van der Waals surface area contributed by atoms with E-state index < -0.39 is 22.2 Å². The molecule has 0 aromatic heterocycles. The van der Waals surface area contributed by atoms with E-state index in [9.17, 15) is 24.3 Å². The molecule has 2 aliphatic carbocycles. The van der Waals surface area contributed by atoms with Gasteiger partial charge in [-0.25, -0.2) is 0 Å². The maximum atomic E-state index is 13.6. The van der Waals surface area contributed by atoms with Gasteiger partial charge in [-0.15, -0.1) is 0 Å². The van der Waals surface area contributed by atoms with E-state index in [0.717, 1.165) is 86.7 Å². The molecule has 11 heteroatoms. The summed E-state index contributed by atoms with van der Waals surface area (Å²) in [6.45, 7) is 3.02. The quantitative estimate of drug-likeness (QED) is 0.184. The lowest BCUT2D eigenvalue weighted by molar-refractivity contribution is -0.147. The number of piperidine rings is 2. The molecular weight excluding hydrogens is 807 g/mol. The van der Waals surface area contributed by atoms with Gasteiger partial charge in [-0.3, -0.25) is 19.2 Å². The average molecular weight is 868 g/mol. The number of carboxylic acids is 1. The Morgan fingerprint density at radius 1 is 0.508 bits per heavy atom. The number of halogens is 2. The first-order valence-electron chi connectivity index (χ1n) is 21.5. The number of nitrogens with zero attached hydrogens (tertiary/aromatic N) is 3. The van der Waals surface area contributed by atoms with Gasteiger partial charge in [0.2, 0.25) is 17.7 Å². The van der Waals surface area contributed by atoms with Crippen LogP contribution in [0.1, 0.15) is 86.5 Å². The van der Waals surface area contributed by atoms with Crippen molar-refractivity contribution in [2.75, 3.05) is 54.4 Å². The number of likely N-dealkylation sites (N-methyl/N-ethyl adjacent to an activating group) is 2. The van der Waals surface area contributed by atoms with Crippen molar-refractivity contribution in [2.24, 2.45) is 0 Å². The van der Waals surface area contributed by atoms with Gasteiger partial charge in [0.25, 0.3) is 0 Å². The Morgan fingerprint density at radius 2 is 0.869 bits per heavy atom. The third-order valence-electron chi connectivity index (χ3n) is 13.7. The van der Waals surface area contributed by atoms with Crippen LogP contribution in [0, 0.1) is 0 Å². The van der Waals surface area contributed by atoms with Crippen LogP contribution in [-0.4, -0.2) is 97.9 Å². The van der Waals surface area contributed by atoms with Gasteiger partial charge in [0.1, 0.15) is 0 Å². The third-order valence-corrected chi connectivity index (χ3v) is 14.2. The number of hydrogen-bond acceptors (Lipinski definition) is 5. The molecule has 4 aromatic rings. The number of benzene rings is 4. The molecule has 4 aromatic carbocycles. The van der Waals surface area contributed by atoms with Crippen LogP contribution in [0.2, 0.25) is 10.0 Å². The van der Waals surface area contributed by atoms with Crippen LogP contribution in [0.5, 0.6) is 0 Å². The molecule has 9 nitrogen and oxygen atoms in total. The average Bonchev–Trinajstić information content (AvgIpc) is 3.25. The summed E-state index contributed by atoms with van der Waals surface area (Å²) in [4.78, 5) is 55.9. The Hall–Kier alpha value is -4.70. The summed E-state index contributed by atoms with van der Waals surface area (Å²) in [5.74, 6) is -0.164. The van der Waals surface area contributed by atoms with Crippen LogP contribution < -0.4 is 5.32 Å². The number of hydrogen-bond donors (Lipinski definition) is 2. The Labute approximate surface area is 371 Å². The van der Waals surface area contributed by atoms with Gasteiger partial charge in [0, 0.05) is 51.3 Å². The largest absolute Gasteiger partial charge is 0.481 e. The van der Waals surface area contributed by atoms with Gasteiger partial charge >= 0.3 is 5.97 Å². The summed E-state index contributed by atoms with van der Waals surface area (Å²) in [5.41, 5.74) is 2.19. The topological polar surface area (TPSA) is 110 Å². The van der Waals surface area contributed by atoms with E-state index in [0.29, 0.717) is 36.0 Å². The van der Waals surface area contributed by atoms with Gasteiger partial charge in [-0.1, -0.05) is 121 Å². The lowest BCUT2D eigenvalue weighted by Gasteiger charge is -2.48. The van der Waals surface area contributed by atoms with Crippen molar-refractivity contribution in [3.63, 3.8) is 0 Å². The smallest absolute Gasteiger partial charge is 0.314 e. The van der Waals surface area contributed by atoms with Crippen LogP contribution in [-0.2, 0) is 40.8 Å². The van der Waals surface area contributed by atoms with Crippen LogP contribution in [0.15, 0.2) is 109 Å². The van der Waals surface area contributed by atoms with Crippen molar-refractivity contribution in [1.29, 1.82) is 0 Å². The fourth-order valence-corrected chi connectivity index (χ4v) is 9.97. The zero-order chi connectivity index (χ0) is 43.8. The van der Waals surface area contributed by atoms with E-state index in [1.54, 1.807) is 21.9 Å². The highest BCUT2D eigenvalue weighted by molar-refractivity contribution is 6.30. The maximum absolute atomic E-state index is 13.6. The van der Waals surface area contributed by atoms with Gasteiger partial charge in [0.05, 0.1) is 21.7 Å². The molecule has 2 heterocycles. The number of aliphatic carboxylic acids is 1. The molecule has 2 saturated carbocycles.